The Morgan fingerprint density at radius 1 is 1.09 bits per heavy atom. The van der Waals surface area contributed by atoms with Crippen LogP contribution in [0.2, 0.25) is 0 Å². The first-order chi connectivity index (χ1) is 10.9. The van der Waals surface area contributed by atoms with Gasteiger partial charge in [-0.1, -0.05) is 11.8 Å². The van der Waals surface area contributed by atoms with E-state index in [2.05, 4.69) is 14.9 Å². The molecule has 0 fully saturated rings. The van der Waals surface area contributed by atoms with Crippen molar-refractivity contribution in [3.05, 3.63) is 34.7 Å². The Bertz CT molecular complexity index is 693. The van der Waals surface area contributed by atoms with Gasteiger partial charge < -0.3 is 15.0 Å². The monoisotopic (exact) mass is 350 g/mol. The van der Waals surface area contributed by atoms with Gasteiger partial charge in [0.25, 0.3) is 0 Å². The molecule has 0 spiro atoms. The first-order valence-electron chi connectivity index (χ1n) is 6.52. The minimum Gasteiger partial charge on any atom is -0.491 e. The number of benzene rings is 1. The van der Waals surface area contributed by atoms with Gasteiger partial charge >= 0.3 is 0 Å². The highest BCUT2D eigenvalue weighted by molar-refractivity contribution is 7.98. The van der Waals surface area contributed by atoms with Crippen LogP contribution in [0.4, 0.5) is 17.6 Å². The summed E-state index contributed by atoms with van der Waals surface area (Å²) in [5.41, 5.74) is 4.69. The molecule has 0 radical (unpaired) electrons. The summed E-state index contributed by atoms with van der Waals surface area (Å²) in [6.07, 6.45) is 0.485. The molecule has 126 valence electrons. The highest BCUT2D eigenvalue weighted by Gasteiger charge is 2.26. The second-order valence-electron chi connectivity index (χ2n) is 4.55. The molecule has 5 nitrogen and oxygen atoms in total. The van der Waals surface area contributed by atoms with Gasteiger partial charge in [0.1, 0.15) is 5.82 Å². The van der Waals surface area contributed by atoms with Crippen LogP contribution in [0.15, 0.2) is 5.16 Å². The van der Waals surface area contributed by atoms with Crippen molar-refractivity contribution < 1.29 is 22.3 Å². The average molecular weight is 350 g/mol. The van der Waals surface area contributed by atoms with Crippen molar-refractivity contribution >= 4 is 11.8 Å². The summed E-state index contributed by atoms with van der Waals surface area (Å²) >= 11 is 0.900. The van der Waals surface area contributed by atoms with Crippen molar-refractivity contribution in [3.63, 3.8) is 0 Å². The van der Waals surface area contributed by atoms with Gasteiger partial charge in [0.15, 0.2) is 22.5 Å². The van der Waals surface area contributed by atoms with Gasteiger partial charge in [0.2, 0.25) is 11.6 Å². The van der Waals surface area contributed by atoms with E-state index in [-0.39, 0.29) is 5.75 Å². The van der Waals surface area contributed by atoms with Crippen LogP contribution < -0.4 is 10.5 Å². The van der Waals surface area contributed by atoms with E-state index in [0.29, 0.717) is 23.9 Å². The molecule has 2 rings (SSSR count). The topological polar surface area (TPSA) is 66.0 Å². The van der Waals surface area contributed by atoms with Gasteiger partial charge in [0.05, 0.1) is 7.11 Å². The third kappa shape index (κ3) is 3.27. The van der Waals surface area contributed by atoms with Crippen LogP contribution in [0.25, 0.3) is 0 Å². The summed E-state index contributed by atoms with van der Waals surface area (Å²) in [5, 5.41) is 8.08. The molecule has 0 unspecified atom stereocenters. The molecule has 2 aromatic rings. The SMILES string of the molecule is COc1c(F)c(F)c(CSc2nnc(CCN)n2C)c(F)c1F. The summed E-state index contributed by atoms with van der Waals surface area (Å²) < 4.78 is 61.0. The van der Waals surface area contributed by atoms with Crippen LogP contribution in [-0.2, 0) is 19.2 Å². The number of hydrogen-bond acceptors (Lipinski definition) is 5. The van der Waals surface area contributed by atoms with Gasteiger partial charge in [-0.2, -0.15) is 8.78 Å². The number of nitrogens with two attached hydrogens (primary N) is 1. The number of methoxy groups -OCH3 is 1. The predicted molar refractivity (Wildman–Crippen MR) is 76.1 cm³/mol. The average Bonchev–Trinajstić information content (AvgIpc) is 2.87. The molecule has 0 aliphatic heterocycles. The molecule has 10 heteroatoms. The van der Waals surface area contributed by atoms with E-state index in [0.717, 1.165) is 18.9 Å². The first kappa shape index (κ1) is 17.5. The summed E-state index contributed by atoms with van der Waals surface area (Å²) in [4.78, 5) is 0. The third-order valence-corrected chi connectivity index (χ3v) is 4.20. The van der Waals surface area contributed by atoms with E-state index >= 15 is 0 Å². The van der Waals surface area contributed by atoms with Gasteiger partial charge in [-0.15, -0.1) is 10.2 Å². The Balaban J connectivity index is 2.28. The van der Waals surface area contributed by atoms with E-state index in [1.165, 1.54) is 0 Å². The maximum Gasteiger partial charge on any atom is 0.204 e. The second kappa shape index (κ2) is 7.18. The number of ether oxygens (including phenoxy) is 1. The lowest BCUT2D eigenvalue weighted by Crippen LogP contribution is -2.08. The summed E-state index contributed by atoms with van der Waals surface area (Å²) in [6, 6.07) is 0. The molecule has 0 atom stereocenters. The molecule has 1 heterocycles. The molecule has 0 bridgehead atoms. The molecule has 2 N–H and O–H groups in total. The zero-order valence-corrected chi connectivity index (χ0v) is 13.2. The number of thioether (sulfide) groups is 1. The Hall–Kier alpha value is -1.81. The van der Waals surface area contributed by atoms with Crippen molar-refractivity contribution in [2.24, 2.45) is 12.8 Å². The summed E-state index contributed by atoms with van der Waals surface area (Å²) in [7, 11) is 2.59. The lowest BCUT2D eigenvalue weighted by Gasteiger charge is -2.10. The van der Waals surface area contributed by atoms with Crippen LogP contribution in [0.5, 0.6) is 5.75 Å². The molecular weight excluding hydrogens is 336 g/mol. The predicted octanol–water partition coefficient (Wildman–Crippen LogP) is 2.17. The molecule has 1 aromatic carbocycles. The third-order valence-electron chi connectivity index (χ3n) is 3.16. The van der Waals surface area contributed by atoms with E-state index in [1.807, 2.05) is 0 Å². The Kier molecular flexibility index (Phi) is 5.47. The van der Waals surface area contributed by atoms with Gasteiger partial charge in [-0.3, -0.25) is 0 Å². The minimum atomic E-state index is -1.57. The molecule has 0 saturated carbocycles. The minimum absolute atomic E-state index is 0.351. The quantitative estimate of drug-likeness (QED) is 0.491. The lowest BCUT2D eigenvalue weighted by atomic mass is 10.2. The number of nitrogens with zero attached hydrogens (tertiary/aromatic N) is 3. The molecule has 0 aliphatic carbocycles. The maximum absolute atomic E-state index is 13.9. The molecule has 0 saturated heterocycles. The Morgan fingerprint density at radius 2 is 1.70 bits per heavy atom. The molecule has 0 amide bonds. The first-order valence-corrected chi connectivity index (χ1v) is 7.50. The summed E-state index contributed by atoms with van der Waals surface area (Å²) in [6.45, 7) is 0.370. The summed E-state index contributed by atoms with van der Waals surface area (Å²) in [5.74, 6) is -6.95. The normalized spacial score (nSPS) is 11.1. The molecular formula is C13H14F4N4OS. The molecule has 0 aliphatic rings. The second-order valence-corrected chi connectivity index (χ2v) is 5.50. The Labute approximate surface area is 133 Å². The van der Waals surface area contributed by atoms with Crippen LogP contribution >= 0.6 is 11.8 Å². The fourth-order valence-corrected chi connectivity index (χ4v) is 2.84. The van der Waals surface area contributed by atoms with Gasteiger partial charge in [0, 0.05) is 24.8 Å². The van der Waals surface area contributed by atoms with Crippen LogP contribution in [0, 0.1) is 23.3 Å². The van der Waals surface area contributed by atoms with Crippen molar-refractivity contribution in [3.8, 4) is 5.75 Å². The molecule has 23 heavy (non-hydrogen) atoms. The number of halogens is 4. The number of hydrogen-bond donors (Lipinski definition) is 1. The standard InChI is InChI=1S/C13H14F4N4OS/c1-21-7(3-4-18)19-20-13(21)23-5-6-8(14)10(16)12(22-2)11(17)9(6)15/h3-5,18H2,1-2H3. The highest BCUT2D eigenvalue weighted by Crippen LogP contribution is 2.33. The van der Waals surface area contributed by atoms with Crippen molar-refractivity contribution in [1.29, 1.82) is 0 Å². The largest absolute Gasteiger partial charge is 0.491 e. The maximum atomic E-state index is 13.9. The van der Waals surface area contributed by atoms with Crippen LogP contribution in [0.1, 0.15) is 11.4 Å². The van der Waals surface area contributed by atoms with Gasteiger partial charge in [-0.05, 0) is 6.54 Å². The zero-order valence-electron chi connectivity index (χ0n) is 12.4. The van der Waals surface area contributed by atoms with Crippen LogP contribution in [-0.4, -0.2) is 28.4 Å². The van der Waals surface area contributed by atoms with Crippen molar-refractivity contribution in [1.82, 2.24) is 14.8 Å². The fourth-order valence-electron chi connectivity index (χ4n) is 1.92. The zero-order chi connectivity index (χ0) is 17.1. The van der Waals surface area contributed by atoms with Crippen molar-refractivity contribution in [2.45, 2.75) is 17.3 Å². The van der Waals surface area contributed by atoms with E-state index in [9.17, 15) is 17.6 Å². The van der Waals surface area contributed by atoms with E-state index < -0.39 is 34.6 Å². The number of aromatic nitrogens is 3. The number of rotatable bonds is 6. The molecule has 1 aromatic heterocycles. The Morgan fingerprint density at radius 3 is 2.22 bits per heavy atom. The van der Waals surface area contributed by atoms with Gasteiger partial charge in [-0.25, -0.2) is 8.78 Å². The fraction of sp³-hybridized carbons (Fsp3) is 0.385. The van der Waals surface area contributed by atoms with Crippen molar-refractivity contribution in [2.75, 3.05) is 13.7 Å². The van der Waals surface area contributed by atoms with Crippen LogP contribution in [0.3, 0.4) is 0 Å². The lowest BCUT2D eigenvalue weighted by molar-refractivity contribution is 0.330. The van der Waals surface area contributed by atoms with E-state index in [4.69, 9.17) is 5.73 Å². The van der Waals surface area contributed by atoms with E-state index in [1.54, 1.807) is 11.6 Å². The smallest absolute Gasteiger partial charge is 0.204 e. The highest BCUT2D eigenvalue weighted by atomic mass is 32.2.